The third-order valence-electron chi connectivity index (χ3n) is 1.56. The first-order valence-electron chi connectivity index (χ1n) is 4.00. The van der Waals surface area contributed by atoms with Gasteiger partial charge >= 0.3 is 0 Å². The van der Waals surface area contributed by atoms with Crippen LogP contribution in [0.25, 0.3) is 0 Å². The van der Waals surface area contributed by atoms with Crippen molar-refractivity contribution in [3.05, 3.63) is 0 Å². The van der Waals surface area contributed by atoms with Crippen molar-refractivity contribution in [1.29, 1.82) is 0 Å². The maximum atomic E-state index is 5.46. The number of hydrogen-bond acceptors (Lipinski definition) is 4. The van der Waals surface area contributed by atoms with Gasteiger partial charge in [-0.1, -0.05) is 20.8 Å². The zero-order valence-electron chi connectivity index (χ0n) is 8.29. The Labute approximate surface area is 78.4 Å². The predicted molar refractivity (Wildman–Crippen MR) is 53.0 cm³/mol. The topological polar surface area (TPSA) is 24.8 Å². The van der Waals surface area contributed by atoms with E-state index in [0.29, 0.717) is 0 Å². The standard InChI is InChI=1S/C8H16N2OS/c1-8(2,3)6-9-7(10(4)5)12-11-6/h6H,1-5H3. The molecule has 0 aromatic rings. The third kappa shape index (κ3) is 2.14. The second-order valence-electron chi connectivity index (χ2n) is 4.20. The Morgan fingerprint density at radius 2 is 2.00 bits per heavy atom. The maximum absolute atomic E-state index is 5.46. The molecule has 0 bridgehead atoms. The van der Waals surface area contributed by atoms with Crippen LogP contribution < -0.4 is 0 Å². The van der Waals surface area contributed by atoms with Gasteiger partial charge in [-0.25, -0.2) is 4.99 Å². The van der Waals surface area contributed by atoms with Crippen LogP contribution in [0.3, 0.4) is 0 Å². The lowest BCUT2D eigenvalue weighted by Gasteiger charge is -2.21. The minimum atomic E-state index is -0.0140. The molecule has 0 aliphatic carbocycles. The number of rotatable bonds is 0. The average Bonchev–Trinajstić information content (AvgIpc) is 2.30. The van der Waals surface area contributed by atoms with Crippen molar-refractivity contribution in [2.45, 2.75) is 27.0 Å². The molecule has 0 N–H and O–H groups in total. The number of aliphatic imine (C=N–C) groups is 1. The highest BCUT2D eigenvalue weighted by molar-refractivity contribution is 8.09. The summed E-state index contributed by atoms with van der Waals surface area (Å²) in [6.07, 6.45) is -0.0140. The highest BCUT2D eigenvalue weighted by atomic mass is 32.2. The van der Waals surface area contributed by atoms with Gasteiger partial charge in [-0.3, -0.25) is 4.18 Å². The molecule has 70 valence electrons. The number of nitrogens with zero attached hydrogens (tertiary/aromatic N) is 2. The van der Waals surface area contributed by atoms with Crippen molar-refractivity contribution >= 4 is 17.2 Å². The Kier molecular flexibility index (Phi) is 2.68. The van der Waals surface area contributed by atoms with E-state index >= 15 is 0 Å². The molecule has 1 unspecified atom stereocenters. The first kappa shape index (κ1) is 9.86. The normalized spacial score (nSPS) is 24.1. The SMILES string of the molecule is CN(C)C1=NC(C(C)(C)C)OS1. The molecule has 0 spiro atoms. The van der Waals surface area contributed by atoms with E-state index in [-0.39, 0.29) is 11.6 Å². The van der Waals surface area contributed by atoms with E-state index in [4.69, 9.17) is 4.18 Å². The predicted octanol–water partition coefficient (Wildman–Crippen LogP) is 1.95. The lowest BCUT2D eigenvalue weighted by Crippen LogP contribution is -2.23. The van der Waals surface area contributed by atoms with Gasteiger partial charge in [-0.15, -0.1) is 0 Å². The van der Waals surface area contributed by atoms with Gasteiger partial charge in [0.25, 0.3) is 0 Å². The maximum Gasteiger partial charge on any atom is 0.189 e. The molecule has 0 radical (unpaired) electrons. The van der Waals surface area contributed by atoms with Crippen LogP contribution in [0.1, 0.15) is 20.8 Å². The van der Waals surface area contributed by atoms with Crippen LogP contribution in [0, 0.1) is 5.41 Å². The van der Waals surface area contributed by atoms with Crippen LogP contribution in [-0.2, 0) is 4.18 Å². The summed E-state index contributed by atoms with van der Waals surface area (Å²) in [6.45, 7) is 6.38. The van der Waals surface area contributed by atoms with Crippen molar-refractivity contribution in [2.24, 2.45) is 10.4 Å². The van der Waals surface area contributed by atoms with Crippen molar-refractivity contribution < 1.29 is 4.18 Å². The minimum Gasteiger partial charge on any atom is -0.356 e. The fourth-order valence-electron chi connectivity index (χ4n) is 0.760. The molecule has 1 heterocycles. The van der Waals surface area contributed by atoms with E-state index in [1.165, 1.54) is 12.0 Å². The van der Waals surface area contributed by atoms with Gasteiger partial charge in [0.1, 0.15) is 0 Å². The molecule has 0 fully saturated rings. The largest absolute Gasteiger partial charge is 0.356 e. The van der Waals surface area contributed by atoms with Crippen LogP contribution >= 0.6 is 12.0 Å². The summed E-state index contributed by atoms with van der Waals surface area (Å²) in [4.78, 5) is 6.41. The Hall–Kier alpha value is -0.220. The lowest BCUT2D eigenvalue weighted by atomic mass is 9.95. The number of hydrogen-bond donors (Lipinski definition) is 0. The molecule has 0 saturated carbocycles. The van der Waals surface area contributed by atoms with E-state index in [0.717, 1.165) is 5.17 Å². The summed E-state index contributed by atoms with van der Waals surface area (Å²) in [5, 5.41) is 0.954. The molecule has 3 nitrogen and oxygen atoms in total. The van der Waals surface area contributed by atoms with Gasteiger partial charge in [0.15, 0.2) is 11.4 Å². The number of amidine groups is 1. The second kappa shape index (κ2) is 3.26. The summed E-state index contributed by atoms with van der Waals surface area (Å²) in [6, 6.07) is 0. The Balaban J connectivity index is 2.65. The molecule has 1 aliphatic heterocycles. The molecule has 1 aliphatic rings. The van der Waals surface area contributed by atoms with Crippen LogP contribution in [0.15, 0.2) is 4.99 Å². The van der Waals surface area contributed by atoms with Gasteiger partial charge in [-0.05, 0) is 0 Å². The summed E-state index contributed by atoms with van der Waals surface area (Å²) < 4.78 is 5.46. The summed E-state index contributed by atoms with van der Waals surface area (Å²) in [7, 11) is 3.94. The lowest BCUT2D eigenvalue weighted by molar-refractivity contribution is 0.126. The van der Waals surface area contributed by atoms with Crippen molar-refractivity contribution in [2.75, 3.05) is 14.1 Å². The fraction of sp³-hybridized carbons (Fsp3) is 0.875. The van der Waals surface area contributed by atoms with Crippen LogP contribution in [-0.4, -0.2) is 30.4 Å². The minimum absolute atomic E-state index is 0.0140. The van der Waals surface area contributed by atoms with Crippen LogP contribution in [0.5, 0.6) is 0 Å². The molecule has 12 heavy (non-hydrogen) atoms. The Bertz CT molecular complexity index is 196. The first-order chi connectivity index (χ1) is 5.41. The van der Waals surface area contributed by atoms with E-state index < -0.39 is 0 Å². The molecular formula is C8H16N2OS. The van der Waals surface area contributed by atoms with Crippen LogP contribution in [0.4, 0.5) is 0 Å². The van der Waals surface area contributed by atoms with Crippen molar-refractivity contribution in [3.8, 4) is 0 Å². The van der Waals surface area contributed by atoms with Gasteiger partial charge in [0.2, 0.25) is 0 Å². The van der Waals surface area contributed by atoms with E-state index in [2.05, 4.69) is 25.8 Å². The van der Waals surface area contributed by atoms with E-state index in [1.807, 2.05) is 19.0 Å². The highest BCUT2D eigenvalue weighted by Gasteiger charge is 2.31. The molecule has 0 amide bonds. The van der Waals surface area contributed by atoms with Crippen LogP contribution in [0.2, 0.25) is 0 Å². The summed E-state index contributed by atoms with van der Waals surface area (Å²) in [5.41, 5.74) is 0.0881. The molecule has 0 saturated heterocycles. The van der Waals surface area contributed by atoms with Gasteiger partial charge in [0, 0.05) is 19.5 Å². The van der Waals surface area contributed by atoms with E-state index in [1.54, 1.807) is 0 Å². The second-order valence-corrected chi connectivity index (χ2v) is 4.93. The molecule has 0 aromatic carbocycles. The quantitative estimate of drug-likeness (QED) is 0.543. The molecule has 4 heteroatoms. The molecule has 0 aromatic heterocycles. The summed E-state index contributed by atoms with van der Waals surface area (Å²) >= 11 is 1.36. The molecule has 1 rings (SSSR count). The Morgan fingerprint density at radius 1 is 1.42 bits per heavy atom. The Morgan fingerprint density at radius 3 is 2.25 bits per heavy atom. The smallest absolute Gasteiger partial charge is 0.189 e. The van der Waals surface area contributed by atoms with Gasteiger partial charge < -0.3 is 4.90 Å². The van der Waals surface area contributed by atoms with Gasteiger partial charge in [-0.2, -0.15) is 0 Å². The third-order valence-corrected chi connectivity index (χ3v) is 2.46. The monoisotopic (exact) mass is 188 g/mol. The van der Waals surface area contributed by atoms with Crippen molar-refractivity contribution in [1.82, 2.24) is 4.90 Å². The molecule has 1 atom stereocenters. The van der Waals surface area contributed by atoms with Crippen molar-refractivity contribution in [3.63, 3.8) is 0 Å². The zero-order chi connectivity index (χ0) is 9.35. The van der Waals surface area contributed by atoms with Gasteiger partial charge in [0.05, 0.1) is 12.0 Å². The average molecular weight is 188 g/mol. The molecular weight excluding hydrogens is 172 g/mol. The summed E-state index contributed by atoms with van der Waals surface area (Å²) in [5.74, 6) is 0. The van der Waals surface area contributed by atoms with E-state index in [9.17, 15) is 0 Å². The highest BCUT2D eigenvalue weighted by Crippen LogP contribution is 2.33. The zero-order valence-corrected chi connectivity index (χ0v) is 9.10. The fourth-order valence-corrected chi connectivity index (χ4v) is 1.56. The first-order valence-corrected chi connectivity index (χ1v) is 4.74.